The number of carbonyl (C=O) groups excluding carboxylic acids is 1. The lowest BCUT2D eigenvalue weighted by Gasteiger charge is -2.21. The Morgan fingerprint density at radius 3 is 2.27 bits per heavy atom. The van der Waals surface area contributed by atoms with Crippen LogP contribution >= 0.6 is 22.6 Å². The van der Waals surface area contributed by atoms with Crippen molar-refractivity contribution in [2.75, 3.05) is 22.4 Å². The Bertz CT molecular complexity index is 1230. The van der Waals surface area contributed by atoms with Crippen molar-refractivity contribution in [3.8, 4) is 5.69 Å². The van der Waals surface area contributed by atoms with Gasteiger partial charge in [-0.2, -0.15) is 0 Å². The Morgan fingerprint density at radius 1 is 1.10 bits per heavy atom. The molecule has 0 saturated heterocycles. The van der Waals surface area contributed by atoms with Crippen LogP contribution in [-0.4, -0.2) is 36.5 Å². The average molecular weight is 540 g/mol. The lowest BCUT2D eigenvalue weighted by atomic mass is 10.3. The van der Waals surface area contributed by atoms with E-state index in [1.807, 2.05) is 18.2 Å². The molecular weight excluding hydrogens is 519 g/mol. The maximum atomic E-state index is 12.9. The Hall–Kier alpha value is -2.60. The molecule has 0 saturated carbocycles. The van der Waals surface area contributed by atoms with Gasteiger partial charge in [-0.1, -0.05) is 18.2 Å². The molecule has 2 aromatic carbocycles. The standard InChI is InChI=1S/C20H21IN4O4S/c1-14-19(20(27)25(23(14)2)17-7-5-4-6-8-17)22-18(26)13-24(30(3,28)29)16-11-9-15(21)10-12-16/h4-12H,13H2,1-3H3,(H,22,26). The summed E-state index contributed by atoms with van der Waals surface area (Å²) in [6, 6.07) is 15.8. The molecule has 1 heterocycles. The molecule has 10 heteroatoms. The maximum absolute atomic E-state index is 12.9. The van der Waals surface area contributed by atoms with Crippen LogP contribution in [0.15, 0.2) is 59.4 Å². The molecular formula is C20H21IN4O4S. The van der Waals surface area contributed by atoms with Crippen molar-refractivity contribution in [3.63, 3.8) is 0 Å². The van der Waals surface area contributed by atoms with Gasteiger partial charge in [0.25, 0.3) is 5.56 Å². The number of benzene rings is 2. The summed E-state index contributed by atoms with van der Waals surface area (Å²) >= 11 is 2.11. The van der Waals surface area contributed by atoms with Crippen molar-refractivity contribution < 1.29 is 13.2 Å². The van der Waals surface area contributed by atoms with Gasteiger partial charge in [0, 0.05) is 10.6 Å². The summed E-state index contributed by atoms with van der Waals surface area (Å²) in [5.74, 6) is -0.606. The normalized spacial score (nSPS) is 11.3. The zero-order valence-electron chi connectivity index (χ0n) is 16.7. The number of halogens is 1. The van der Waals surface area contributed by atoms with Gasteiger partial charge in [-0.05, 0) is 65.9 Å². The summed E-state index contributed by atoms with van der Waals surface area (Å²) in [5, 5.41) is 2.59. The number of aromatic nitrogens is 2. The highest BCUT2D eigenvalue weighted by atomic mass is 127. The van der Waals surface area contributed by atoms with E-state index in [-0.39, 0.29) is 5.69 Å². The fourth-order valence-corrected chi connectivity index (χ4v) is 4.25. The van der Waals surface area contributed by atoms with E-state index >= 15 is 0 Å². The summed E-state index contributed by atoms with van der Waals surface area (Å²) in [6.07, 6.45) is 1.04. The second-order valence-electron chi connectivity index (χ2n) is 6.73. The lowest BCUT2D eigenvalue weighted by Crippen LogP contribution is -2.38. The first kappa shape index (κ1) is 22.1. The number of para-hydroxylation sites is 1. The number of rotatable bonds is 6. The van der Waals surface area contributed by atoms with Crippen LogP contribution in [0, 0.1) is 10.5 Å². The molecule has 0 aliphatic carbocycles. The van der Waals surface area contributed by atoms with E-state index in [0.717, 1.165) is 14.1 Å². The maximum Gasteiger partial charge on any atom is 0.295 e. The van der Waals surface area contributed by atoms with E-state index in [4.69, 9.17) is 0 Å². The van der Waals surface area contributed by atoms with Crippen LogP contribution in [0.3, 0.4) is 0 Å². The molecule has 0 atom stereocenters. The van der Waals surface area contributed by atoms with Gasteiger partial charge in [-0.25, -0.2) is 13.1 Å². The van der Waals surface area contributed by atoms with Crippen molar-refractivity contribution in [2.45, 2.75) is 6.92 Å². The summed E-state index contributed by atoms with van der Waals surface area (Å²) < 4.78 is 29.5. The molecule has 0 spiro atoms. The first-order chi connectivity index (χ1) is 14.1. The summed E-state index contributed by atoms with van der Waals surface area (Å²) in [5.41, 5.74) is 1.30. The Labute approximate surface area is 188 Å². The van der Waals surface area contributed by atoms with Gasteiger partial charge in [0.1, 0.15) is 12.2 Å². The lowest BCUT2D eigenvalue weighted by molar-refractivity contribution is -0.114. The SMILES string of the molecule is Cc1c(NC(=O)CN(c2ccc(I)cc2)S(C)(=O)=O)c(=O)n(-c2ccccc2)n1C. The van der Waals surface area contributed by atoms with E-state index in [2.05, 4.69) is 27.9 Å². The molecule has 0 radical (unpaired) electrons. The van der Waals surface area contributed by atoms with Crippen molar-refractivity contribution in [1.82, 2.24) is 9.36 Å². The molecule has 0 bridgehead atoms. The third kappa shape index (κ3) is 4.59. The van der Waals surface area contributed by atoms with Crippen LogP contribution < -0.4 is 15.2 Å². The molecule has 0 unspecified atom stereocenters. The van der Waals surface area contributed by atoms with E-state index in [0.29, 0.717) is 17.1 Å². The molecule has 3 rings (SSSR count). The number of amides is 1. The number of hydrogen-bond acceptors (Lipinski definition) is 4. The minimum absolute atomic E-state index is 0.113. The highest BCUT2D eigenvalue weighted by molar-refractivity contribution is 14.1. The monoisotopic (exact) mass is 540 g/mol. The van der Waals surface area contributed by atoms with E-state index in [1.54, 1.807) is 55.1 Å². The number of carbonyl (C=O) groups is 1. The second kappa shape index (κ2) is 8.64. The molecule has 0 fully saturated rings. The fourth-order valence-electron chi connectivity index (χ4n) is 3.03. The molecule has 1 aromatic heterocycles. The quantitative estimate of drug-likeness (QED) is 0.487. The first-order valence-electron chi connectivity index (χ1n) is 8.96. The summed E-state index contributed by atoms with van der Waals surface area (Å²) in [4.78, 5) is 25.6. The second-order valence-corrected chi connectivity index (χ2v) is 9.88. The summed E-state index contributed by atoms with van der Waals surface area (Å²) in [7, 11) is -1.99. The third-order valence-corrected chi connectivity index (χ3v) is 6.48. The molecule has 0 aliphatic heterocycles. The van der Waals surface area contributed by atoms with Crippen molar-refractivity contribution in [3.05, 3.63) is 74.2 Å². The molecule has 1 amide bonds. The first-order valence-corrected chi connectivity index (χ1v) is 11.9. The van der Waals surface area contributed by atoms with E-state index in [1.165, 1.54) is 4.68 Å². The van der Waals surface area contributed by atoms with Crippen LogP contribution in [0.2, 0.25) is 0 Å². The zero-order chi connectivity index (χ0) is 22.1. The predicted octanol–water partition coefficient (Wildman–Crippen LogP) is 2.49. The number of sulfonamides is 1. The Balaban J connectivity index is 1.90. The number of nitrogens with one attached hydrogen (secondary N) is 1. The van der Waals surface area contributed by atoms with Gasteiger partial charge in [-0.3, -0.25) is 18.6 Å². The molecule has 8 nitrogen and oxygen atoms in total. The Kier molecular flexibility index (Phi) is 6.36. The molecule has 158 valence electrons. The largest absolute Gasteiger partial charge is 0.318 e. The molecule has 1 N–H and O–H groups in total. The third-order valence-electron chi connectivity index (χ3n) is 4.62. The number of anilines is 2. The smallest absolute Gasteiger partial charge is 0.295 e. The van der Waals surface area contributed by atoms with Crippen molar-refractivity contribution in [2.24, 2.45) is 7.05 Å². The highest BCUT2D eigenvalue weighted by Gasteiger charge is 2.23. The van der Waals surface area contributed by atoms with Gasteiger partial charge in [0.2, 0.25) is 15.9 Å². The average Bonchev–Trinajstić information content (AvgIpc) is 2.90. The summed E-state index contributed by atoms with van der Waals surface area (Å²) in [6.45, 7) is 1.27. The van der Waals surface area contributed by atoms with Crippen molar-refractivity contribution >= 4 is 49.9 Å². The molecule has 30 heavy (non-hydrogen) atoms. The van der Waals surface area contributed by atoms with Crippen LogP contribution in [-0.2, 0) is 21.9 Å². The molecule has 0 aliphatic rings. The fraction of sp³-hybridized carbons (Fsp3) is 0.200. The van der Waals surface area contributed by atoms with Crippen molar-refractivity contribution in [1.29, 1.82) is 0 Å². The van der Waals surface area contributed by atoms with Gasteiger partial charge in [0.15, 0.2) is 0 Å². The highest BCUT2D eigenvalue weighted by Crippen LogP contribution is 2.20. The van der Waals surface area contributed by atoms with Gasteiger partial charge >= 0.3 is 0 Å². The number of nitrogens with zero attached hydrogens (tertiary/aromatic N) is 3. The van der Waals surface area contributed by atoms with Crippen LogP contribution in [0.25, 0.3) is 5.69 Å². The van der Waals surface area contributed by atoms with E-state index in [9.17, 15) is 18.0 Å². The topological polar surface area (TPSA) is 93.4 Å². The minimum atomic E-state index is -3.70. The minimum Gasteiger partial charge on any atom is -0.318 e. The van der Waals surface area contributed by atoms with Gasteiger partial charge < -0.3 is 5.32 Å². The van der Waals surface area contributed by atoms with Gasteiger partial charge in [0.05, 0.1) is 23.3 Å². The van der Waals surface area contributed by atoms with E-state index < -0.39 is 28.0 Å². The van der Waals surface area contributed by atoms with Crippen LogP contribution in [0.5, 0.6) is 0 Å². The van der Waals surface area contributed by atoms with Gasteiger partial charge in [-0.15, -0.1) is 0 Å². The van der Waals surface area contributed by atoms with Crippen LogP contribution in [0.4, 0.5) is 11.4 Å². The van der Waals surface area contributed by atoms with Crippen LogP contribution in [0.1, 0.15) is 5.69 Å². The Morgan fingerprint density at radius 2 is 1.70 bits per heavy atom. The molecule has 3 aromatic rings. The zero-order valence-corrected chi connectivity index (χ0v) is 19.6. The number of hydrogen-bond donors (Lipinski definition) is 1. The predicted molar refractivity (Wildman–Crippen MR) is 126 cm³/mol.